The normalized spacial score (nSPS) is 17.1. The Morgan fingerprint density at radius 1 is 1.25 bits per heavy atom. The number of rotatable bonds is 5. The van der Waals surface area contributed by atoms with E-state index in [-0.39, 0.29) is 17.9 Å². The van der Waals surface area contributed by atoms with Gasteiger partial charge in [-0.3, -0.25) is 4.79 Å². The molecule has 7 heteroatoms. The monoisotopic (exact) mass is 397 g/mol. The molecule has 0 radical (unpaired) electrons. The van der Waals surface area contributed by atoms with E-state index in [4.69, 9.17) is 9.15 Å². The number of carbonyl (C=O) groups excluding carboxylic acids is 1. The van der Waals surface area contributed by atoms with Crippen LogP contribution in [-0.4, -0.2) is 40.2 Å². The van der Waals surface area contributed by atoms with Crippen LogP contribution in [0.5, 0.6) is 5.75 Å². The number of thiophene rings is 1. The zero-order valence-electron chi connectivity index (χ0n) is 16.0. The molecule has 0 bridgehead atoms. The van der Waals surface area contributed by atoms with E-state index in [2.05, 4.69) is 10.2 Å². The topological polar surface area (TPSA) is 68.5 Å². The molecule has 0 aliphatic carbocycles. The van der Waals surface area contributed by atoms with Crippen molar-refractivity contribution in [1.82, 2.24) is 15.1 Å². The number of hydrogen-bond donors (Lipinski definition) is 0. The Kier molecular flexibility index (Phi) is 5.43. The first kappa shape index (κ1) is 18.7. The van der Waals surface area contributed by atoms with Crippen molar-refractivity contribution in [2.24, 2.45) is 0 Å². The lowest BCUT2D eigenvalue weighted by atomic mass is 9.97. The molecule has 0 N–H and O–H groups in total. The molecule has 3 heterocycles. The van der Waals surface area contributed by atoms with E-state index >= 15 is 0 Å². The zero-order chi connectivity index (χ0) is 19.5. The Morgan fingerprint density at radius 3 is 2.79 bits per heavy atom. The van der Waals surface area contributed by atoms with Crippen LogP contribution in [-0.2, 0) is 0 Å². The lowest BCUT2D eigenvalue weighted by Crippen LogP contribution is -2.39. The van der Waals surface area contributed by atoms with E-state index in [1.165, 1.54) is 0 Å². The maximum absolute atomic E-state index is 12.9. The number of benzene rings is 1. The first-order valence-corrected chi connectivity index (χ1v) is 10.4. The van der Waals surface area contributed by atoms with Gasteiger partial charge in [0.2, 0.25) is 5.89 Å². The number of carbonyl (C=O) groups is 1. The minimum Gasteiger partial charge on any atom is -0.491 e. The third-order valence-electron chi connectivity index (χ3n) is 4.70. The molecule has 1 aliphatic rings. The van der Waals surface area contributed by atoms with Gasteiger partial charge in [0.15, 0.2) is 0 Å². The summed E-state index contributed by atoms with van der Waals surface area (Å²) < 4.78 is 11.5. The molecule has 1 aromatic carbocycles. The Hall–Kier alpha value is -2.67. The first-order valence-electron chi connectivity index (χ1n) is 9.53. The van der Waals surface area contributed by atoms with E-state index < -0.39 is 0 Å². The summed E-state index contributed by atoms with van der Waals surface area (Å²) in [5.74, 6) is 2.03. The average Bonchev–Trinajstić information content (AvgIpc) is 3.39. The van der Waals surface area contributed by atoms with Crippen LogP contribution in [0.4, 0.5) is 0 Å². The van der Waals surface area contributed by atoms with E-state index in [1.807, 2.05) is 60.5 Å². The summed E-state index contributed by atoms with van der Waals surface area (Å²) in [6.07, 6.45) is 1.97. The van der Waals surface area contributed by atoms with Gasteiger partial charge in [-0.2, -0.15) is 0 Å². The summed E-state index contributed by atoms with van der Waals surface area (Å²) in [5, 5.41) is 10.4. The highest BCUT2D eigenvalue weighted by molar-refractivity contribution is 7.13. The Morgan fingerprint density at radius 2 is 2.07 bits per heavy atom. The van der Waals surface area contributed by atoms with E-state index in [0.717, 1.165) is 30.0 Å². The Bertz CT molecular complexity index is 919. The fraction of sp³-hybridized carbons (Fsp3) is 0.381. The van der Waals surface area contributed by atoms with Gasteiger partial charge in [-0.15, -0.1) is 21.5 Å². The van der Waals surface area contributed by atoms with Gasteiger partial charge in [-0.25, -0.2) is 0 Å². The molecule has 0 spiro atoms. The molecule has 1 saturated heterocycles. The van der Waals surface area contributed by atoms with Crippen molar-refractivity contribution in [2.45, 2.75) is 38.7 Å². The summed E-state index contributed by atoms with van der Waals surface area (Å²) in [4.78, 5) is 15.8. The largest absolute Gasteiger partial charge is 0.491 e. The van der Waals surface area contributed by atoms with Crippen LogP contribution in [0.3, 0.4) is 0 Å². The smallest absolute Gasteiger partial charge is 0.257 e. The number of nitrogens with zero attached hydrogens (tertiary/aromatic N) is 3. The molecule has 0 saturated carbocycles. The quantitative estimate of drug-likeness (QED) is 0.629. The average molecular weight is 398 g/mol. The summed E-state index contributed by atoms with van der Waals surface area (Å²) in [7, 11) is 0. The third kappa shape index (κ3) is 4.09. The molecular formula is C21H23N3O3S. The predicted molar refractivity (Wildman–Crippen MR) is 108 cm³/mol. The van der Waals surface area contributed by atoms with Gasteiger partial charge in [-0.05, 0) is 62.4 Å². The lowest BCUT2D eigenvalue weighted by molar-refractivity contribution is 0.0698. The fourth-order valence-electron chi connectivity index (χ4n) is 3.39. The lowest BCUT2D eigenvalue weighted by Gasteiger charge is -2.31. The van der Waals surface area contributed by atoms with Gasteiger partial charge in [0.1, 0.15) is 5.75 Å². The van der Waals surface area contributed by atoms with Crippen molar-refractivity contribution in [1.29, 1.82) is 0 Å². The standard InChI is InChI=1S/C21H23N3O3S/c1-14(2)26-17-9-7-15(8-10-17)21(25)24-11-3-5-16(13-24)19-22-23-20(27-19)18-6-4-12-28-18/h4,6-10,12,14,16H,3,5,11,13H2,1-2H3. The van der Waals surface area contributed by atoms with E-state index in [9.17, 15) is 4.79 Å². The molecule has 1 unspecified atom stereocenters. The first-order chi connectivity index (χ1) is 13.6. The summed E-state index contributed by atoms with van der Waals surface area (Å²) in [6, 6.07) is 11.3. The summed E-state index contributed by atoms with van der Waals surface area (Å²) in [5.41, 5.74) is 0.668. The molecule has 6 nitrogen and oxygen atoms in total. The fourth-order valence-corrected chi connectivity index (χ4v) is 4.04. The van der Waals surface area contributed by atoms with Crippen LogP contribution in [0.25, 0.3) is 10.8 Å². The number of piperidine rings is 1. The van der Waals surface area contributed by atoms with Gasteiger partial charge in [0.05, 0.1) is 16.9 Å². The minimum absolute atomic E-state index is 0.0267. The number of ether oxygens (including phenoxy) is 1. The van der Waals surface area contributed by atoms with Crippen molar-refractivity contribution in [2.75, 3.05) is 13.1 Å². The molecule has 28 heavy (non-hydrogen) atoms. The number of aromatic nitrogens is 2. The molecule has 1 amide bonds. The van der Waals surface area contributed by atoms with Crippen LogP contribution >= 0.6 is 11.3 Å². The SMILES string of the molecule is CC(C)Oc1ccc(C(=O)N2CCCC(c3nnc(-c4cccs4)o3)C2)cc1. The molecule has 146 valence electrons. The van der Waals surface area contributed by atoms with Gasteiger partial charge in [0.25, 0.3) is 11.8 Å². The Balaban J connectivity index is 1.44. The minimum atomic E-state index is 0.0267. The molecule has 1 fully saturated rings. The van der Waals surface area contributed by atoms with Gasteiger partial charge in [0, 0.05) is 18.7 Å². The highest BCUT2D eigenvalue weighted by Gasteiger charge is 2.29. The van der Waals surface area contributed by atoms with E-state index in [1.54, 1.807) is 11.3 Å². The van der Waals surface area contributed by atoms with Crippen LogP contribution in [0.1, 0.15) is 48.9 Å². The van der Waals surface area contributed by atoms with Crippen LogP contribution < -0.4 is 4.74 Å². The molecule has 4 rings (SSSR count). The van der Waals surface area contributed by atoms with Crippen molar-refractivity contribution >= 4 is 17.2 Å². The van der Waals surface area contributed by atoms with Gasteiger partial charge in [-0.1, -0.05) is 6.07 Å². The molecule has 1 atom stereocenters. The van der Waals surface area contributed by atoms with Crippen LogP contribution in [0, 0.1) is 0 Å². The second-order valence-corrected chi connectivity index (χ2v) is 8.15. The second-order valence-electron chi connectivity index (χ2n) is 7.20. The van der Waals surface area contributed by atoms with Crippen LogP contribution in [0.2, 0.25) is 0 Å². The Labute approximate surface area is 168 Å². The molecule has 2 aromatic heterocycles. The van der Waals surface area contributed by atoms with Crippen molar-refractivity contribution in [3.8, 4) is 16.5 Å². The molecule has 3 aromatic rings. The van der Waals surface area contributed by atoms with Crippen molar-refractivity contribution in [3.05, 3.63) is 53.2 Å². The van der Waals surface area contributed by atoms with Crippen molar-refractivity contribution < 1.29 is 13.9 Å². The second kappa shape index (κ2) is 8.14. The highest BCUT2D eigenvalue weighted by atomic mass is 32.1. The van der Waals surface area contributed by atoms with Gasteiger partial charge >= 0.3 is 0 Å². The van der Waals surface area contributed by atoms with Crippen LogP contribution in [0.15, 0.2) is 46.2 Å². The van der Waals surface area contributed by atoms with Gasteiger partial charge < -0.3 is 14.1 Å². The maximum atomic E-state index is 12.9. The summed E-state index contributed by atoms with van der Waals surface area (Å²) >= 11 is 1.57. The number of hydrogen-bond acceptors (Lipinski definition) is 6. The maximum Gasteiger partial charge on any atom is 0.257 e. The number of likely N-dealkylation sites (tertiary alicyclic amines) is 1. The molecule has 1 aliphatic heterocycles. The predicted octanol–water partition coefficient (Wildman–Crippen LogP) is 4.61. The zero-order valence-corrected chi connectivity index (χ0v) is 16.8. The number of amides is 1. The third-order valence-corrected chi connectivity index (χ3v) is 5.56. The summed E-state index contributed by atoms with van der Waals surface area (Å²) in [6.45, 7) is 5.29. The highest BCUT2D eigenvalue weighted by Crippen LogP contribution is 2.30. The van der Waals surface area contributed by atoms with E-state index in [0.29, 0.717) is 23.9 Å². The van der Waals surface area contributed by atoms with Crippen molar-refractivity contribution in [3.63, 3.8) is 0 Å². The molecular weight excluding hydrogens is 374 g/mol.